The summed E-state index contributed by atoms with van der Waals surface area (Å²) in [6.45, 7) is 0.228. The molecule has 0 saturated heterocycles. The molecule has 0 aromatic rings. The van der Waals surface area contributed by atoms with Crippen molar-refractivity contribution in [1.29, 1.82) is 0 Å². The van der Waals surface area contributed by atoms with Crippen LogP contribution in [0.2, 0.25) is 0 Å². The number of rotatable bonds is 1. The molecule has 0 unspecified atom stereocenters. The third kappa shape index (κ3) is 2.11. The average Bonchev–Trinajstić information content (AvgIpc) is 1.86. The summed E-state index contributed by atoms with van der Waals surface area (Å²) in [4.78, 5) is 0. The van der Waals surface area contributed by atoms with Gasteiger partial charge in [-0.2, -0.15) is 0 Å². The lowest BCUT2D eigenvalue weighted by atomic mass is 10.5. The second-order valence-electron chi connectivity index (χ2n) is 2.21. The van der Waals surface area contributed by atoms with Gasteiger partial charge in [0.25, 0.3) is 0 Å². The van der Waals surface area contributed by atoms with Crippen LogP contribution >= 0.6 is 0 Å². The summed E-state index contributed by atoms with van der Waals surface area (Å²) < 4.78 is 33.8. The molecule has 1 rings (SSSR count). The summed E-state index contributed by atoms with van der Waals surface area (Å²) in [5.74, 6) is 0.299. The zero-order valence-electron chi connectivity index (χ0n) is 6.06. The molecule has 1 aliphatic rings. The Balaban J connectivity index is 2.90. The standard InChI is InChI=1S/C5H9NO3S2/c1-11(8,9)6-4-2-3-5-10(6)7/h2-3H,4-5H2,1H3/t10-/m1/s1. The molecule has 0 fully saturated rings. The van der Waals surface area contributed by atoms with Gasteiger partial charge in [-0.15, -0.1) is 3.71 Å². The molecule has 1 heterocycles. The fraction of sp³-hybridized carbons (Fsp3) is 0.600. The van der Waals surface area contributed by atoms with E-state index in [0.29, 0.717) is 5.75 Å². The smallest absolute Gasteiger partial charge is 0.222 e. The molecule has 0 radical (unpaired) electrons. The van der Waals surface area contributed by atoms with Crippen molar-refractivity contribution in [2.24, 2.45) is 0 Å². The molecule has 0 bridgehead atoms. The van der Waals surface area contributed by atoms with Crippen molar-refractivity contribution in [3.8, 4) is 0 Å². The van der Waals surface area contributed by atoms with E-state index in [4.69, 9.17) is 0 Å². The monoisotopic (exact) mass is 195 g/mol. The second-order valence-corrected chi connectivity index (χ2v) is 5.76. The van der Waals surface area contributed by atoms with Crippen LogP contribution in [0.4, 0.5) is 0 Å². The predicted molar refractivity (Wildman–Crippen MR) is 43.7 cm³/mol. The van der Waals surface area contributed by atoms with Gasteiger partial charge in [-0.1, -0.05) is 12.2 Å². The van der Waals surface area contributed by atoms with Gasteiger partial charge in [-0.25, -0.2) is 12.6 Å². The predicted octanol–water partition coefficient (Wildman–Crippen LogP) is -0.518. The molecule has 0 saturated carbocycles. The van der Waals surface area contributed by atoms with E-state index in [-0.39, 0.29) is 6.54 Å². The average molecular weight is 195 g/mol. The maximum Gasteiger partial charge on any atom is 0.222 e. The van der Waals surface area contributed by atoms with Crippen molar-refractivity contribution < 1.29 is 12.6 Å². The molecule has 0 spiro atoms. The quantitative estimate of drug-likeness (QED) is 0.529. The number of sulfonamides is 1. The van der Waals surface area contributed by atoms with Gasteiger partial charge in [0, 0.05) is 6.54 Å². The van der Waals surface area contributed by atoms with Crippen molar-refractivity contribution in [3.05, 3.63) is 12.2 Å². The Kier molecular flexibility index (Phi) is 2.46. The van der Waals surface area contributed by atoms with Crippen molar-refractivity contribution in [2.75, 3.05) is 18.6 Å². The van der Waals surface area contributed by atoms with Crippen LogP contribution in [0.3, 0.4) is 0 Å². The van der Waals surface area contributed by atoms with Crippen LogP contribution in [0, 0.1) is 0 Å². The van der Waals surface area contributed by atoms with Crippen LogP contribution in [0.5, 0.6) is 0 Å². The summed E-state index contributed by atoms with van der Waals surface area (Å²) in [6, 6.07) is 0. The maximum absolute atomic E-state index is 11.0. The maximum atomic E-state index is 11.0. The molecule has 64 valence electrons. The normalized spacial score (nSPS) is 27.2. The molecule has 6 heteroatoms. The van der Waals surface area contributed by atoms with Gasteiger partial charge in [0.15, 0.2) is 0 Å². The van der Waals surface area contributed by atoms with Gasteiger partial charge in [0.1, 0.15) is 11.0 Å². The van der Waals surface area contributed by atoms with Crippen LogP contribution in [0.25, 0.3) is 0 Å². The molecular weight excluding hydrogens is 186 g/mol. The minimum Gasteiger partial charge on any atom is -0.241 e. The van der Waals surface area contributed by atoms with Gasteiger partial charge in [-0.3, -0.25) is 0 Å². The summed E-state index contributed by atoms with van der Waals surface area (Å²) in [5.41, 5.74) is 0. The topological polar surface area (TPSA) is 54.5 Å². The summed E-state index contributed by atoms with van der Waals surface area (Å²) in [6.07, 6.45) is 4.48. The highest BCUT2D eigenvalue weighted by Crippen LogP contribution is 2.07. The van der Waals surface area contributed by atoms with Gasteiger partial charge < -0.3 is 0 Å². The molecule has 0 aromatic heterocycles. The highest BCUT2D eigenvalue weighted by molar-refractivity contribution is 8.00. The molecule has 4 nitrogen and oxygen atoms in total. The molecule has 0 aromatic carbocycles. The fourth-order valence-electron chi connectivity index (χ4n) is 0.764. The van der Waals surface area contributed by atoms with Crippen molar-refractivity contribution in [3.63, 3.8) is 0 Å². The zero-order chi connectivity index (χ0) is 8.48. The van der Waals surface area contributed by atoms with E-state index in [0.717, 1.165) is 9.97 Å². The van der Waals surface area contributed by atoms with E-state index in [1.54, 1.807) is 12.2 Å². The molecule has 0 amide bonds. The third-order valence-corrected chi connectivity index (χ3v) is 4.54. The largest absolute Gasteiger partial charge is 0.241 e. The van der Waals surface area contributed by atoms with E-state index in [9.17, 15) is 12.6 Å². The number of hydrogen-bond acceptors (Lipinski definition) is 3. The van der Waals surface area contributed by atoms with Crippen molar-refractivity contribution >= 4 is 21.0 Å². The van der Waals surface area contributed by atoms with E-state index in [1.165, 1.54) is 0 Å². The van der Waals surface area contributed by atoms with Gasteiger partial charge in [0.05, 0.1) is 12.0 Å². The highest BCUT2D eigenvalue weighted by Gasteiger charge is 2.23. The third-order valence-electron chi connectivity index (χ3n) is 1.26. The summed E-state index contributed by atoms with van der Waals surface area (Å²) >= 11 is 0. The molecular formula is C5H9NO3S2. The molecule has 1 aliphatic heterocycles. The Bertz CT molecular complexity index is 293. The van der Waals surface area contributed by atoms with E-state index in [2.05, 4.69) is 0 Å². The van der Waals surface area contributed by atoms with Crippen LogP contribution in [0.15, 0.2) is 12.2 Å². The Hall–Kier alpha value is -0.200. The number of nitrogens with zero attached hydrogens (tertiary/aromatic N) is 1. The second kappa shape index (κ2) is 3.04. The fourth-order valence-corrected chi connectivity index (χ4v) is 3.23. The number of hydrogen-bond donors (Lipinski definition) is 0. The Morgan fingerprint density at radius 2 is 2.09 bits per heavy atom. The highest BCUT2D eigenvalue weighted by atomic mass is 32.3. The van der Waals surface area contributed by atoms with E-state index in [1.807, 2.05) is 0 Å². The first-order chi connectivity index (χ1) is 5.02. The van der Waals surface area contributed by atoms with Gasteiger partial charge in [-0.05, 0) is 0 Å². The molecule has 1 atom stereocenters. The first-order valence-corrected chi connectivity index (χ1v) is 6.15. The SMILES string of the molecule is CS(=O)(=O)N1CC=CC[S@]1=O. The Morgan fingerprint density at radius 3 is 2.45 bits per heavy atom. The van der Waals surface area contributed by atoms with Crippen LogP contribution in [-0.2, 0) is 21.0 Å². The molecule has 11 heavy (non-hydrogen) atoms. The Labute approximate surface area is 68.5 Å². The van der Waals surface area contributed by atoms with E-state index >= 15 is 0 Å². The minimum atomic E-state index is -3.29. The first kappa shape index (κ1) is 8.89. The lowest BCUT2D eigenvalue weighted by Crippen LogP contribution is -2.35. The van der Waals surface area contributed by atoms with Gasteiger partial charge >= 0.3 is 0 Å². The summed E-state index contributed by atoms with van der Waals surface area (Å²) in [7, 11) is -4.68. The van der Waals surface area contributed by atoms with Gasteiger partial charge in [0.2, 0.25) is 10.0 Å². The first-order valence-electron chi connectivity index (χ1n) is 3.03. The van der Waals surface area contributed by atoms with Crippen LogP contribution in [0.1, 0.15) is 0 Å². The lowest BCUT2D eigenvalue weighted by Gasteiger charge is -2.18. The van der Waals surface area contributed by atoms with Crippen LogP contribution in [-0.4, -0.2) is 34.9 Å². The minimum absolute atomic E-state index is 0.228. The molecule has 0 N–H and O–H groups in total. The van der Waals surface area contributed by atoms with E-state index < -0.39 is 21.0 Å². The lowest BCUT2D eigenvalue weighted by molar-refractivity contribution is 0.549. The van der Waals surface area contributed by atoms with Crippen LogP contribution < -0.4 is 0 Å². The summed E-state index contributed by atoms with van der Waals surface area (Å²) in [5, 5.41) is 0. The van der Waals surface area contributed by atoms with Crippen molar-refractivity contribution in [2.45, 2.75) is 0 Å². The van der Waals surface area contributed by atoms with Crippen molar-refractivity contribution in [1.82, 2.24) is 3.71 Å². The zero-order valence-corrected chi connectivity index (χ0v) is 7.69. The molecule has 0 aliphatic carbocycles. The Morgan fingerprint density at radius 1 is 1.45 bits per heavy atom.